The molecule has 0 bridgehead atoms. The zero-order valence-corrected chi connectivity index (χ0v) is 18.3. The molecule has 2 aromatic carbocycles. The Morgan fingerprint density at radius 1 is 1.09 bits per heavy atom. The molecule has 32 heavy (non-hydrogen) atoms. The van der Waals surface area contributed by atoms with E-state index in [1.54, 1.807) is 29.7 Å². The fourth-order valence-corrected chi connectivity index (χ4v) is 4.10. The monoisotopic (exact) mass is 460 g/mol. The lowest BCUT2D eigenvalue weighted by atomic mass is 10.2. The number of nitrogens with two attached hydrogens (primary N) is 1. The van der Waals surface area contributed by atoms with Crippen molar-refractivity contribution in [3.63, 3.8) is 0 Å². The zero-order valence-electron chi connectivity index (χ0n) is 16.7. The SMILES string of the molecule is Nc1c(C(=O)NCc2cccs2)c2nc3ccccc3nc2n1/N=C/c1ccc(Cl)cc1. The average molecular weight is 461 g/mol. The van der Waals surface area contributed by atoms with Crippen LogP contribution in [0.15, 0.2) is 71.1 Å². The van der Waals surface area contributed by atoms with Crippen LogP contribution in [0.25, 0.3) is 22.2 Å². The summed E-state index contributed by atoms with van der Waals surface area (Å²) in [5.74, 6) is -0.157. The number of rotatable bonds is 5. The Morgan fingerprint density at radius 2 is 1.84 bits per heavy atom. The van der Waals surface area contributed by atoms with Gasteiger partial charge >= 0.3 is 0 Å². The lowest BCUT2D eigenvalue weighted by Crippen LogP contribution is -2.23. The van der Waals surface area contributed by atoms with Crippen molar-refractivity contribution < 1.29 is 4.79 Å². The van der Waals surface area contributed by atoms with Gasteiger partial charge in [0.1, 0.15) is 16.9 Å². The summed E-state index contributed by atoms with van der Waals surface area (Å²) in [6.07, 6.45) is 1.64. The molecule has 0 fully saturated rings. The van der Waals surface area contributed by atoms with Gasteiger partial charge in [0.2, 0.25) is 0 Å². The van der Waals surface area contributed by atoms with Crippen LogP contribution in [0.1, 0.15) is 20.8 Å². The summed E-state index contributed by atoms with van der Waals surface area (Å²) in [6.45, 7) is 0.400. The number of carbonyl (C=O) groups is 1. The maximum absolute atomic E-state index is 13.1. The molecule has 5 aromatic rings. The molecule has 0 atom stereocenters. The minimum absolute atomic E-state index is 0.171. The number of nitrogens with zero attached hydrogens (tertiary/aromatic N) is 4. The van der Waals surface area contributed by atoms with Crippen molar-refractivity contribution in [2.75, 3.05) is 5.73 Å². The van der Waals surface area contributed by atoms with Gasteiger partial charge in [-0.25, -0.2) is 9.97 Å². The summed E-state index contributed by atoms with van der Waals surface area (Å²) in [6, 6.07) is 18.6. The summed E-state index contributed by atoms with van der Waals surface area (Å²) >= 11 is 7.53. The Morgan fingerprint density at radius 3 is 2.56 bits per heavy atom. The Kier molecular flexibility index (Phi) is 5.30. The number of thiophene rings is 1. The minimum Gasteiger partial charge on any atom is -0.383 e. The fraction of sp³-hybridized carbons (Fsp3) is 0.0435. The molecule has 0 radical (unpaired) electrons. The molecule has 3 heterocycles. The van der Waals surface area contributed by atoms with Gasteiger partial charge in [0.15, 0.2) is 5.65 Å². The maximum Gasteiger partial charge on any atom is 0.257 e. The second-order valence-corrected chi connectivity index (χ2v) is 8.48. The van der Waals surface area contributed by atoms with E-state index in [-0.39, 0.29) is 17.3 Å². The van der Waals surface area contributed by atoms with Gasteiger partial charge in [-0.3, -0.25) is 4.79 Å². The van der Waals surface area contributed by atoms with Gasteiger partial charge in [0, 0.05) is 9.90 Å². The van der Waals surface area contributed by atoms with Crippen molar-refractivity contribution >= 4 is 63.1 Å². The van der Waals surface area contributed by atoms with Crippen LogP contribution < -0.4 is 11.1 Å². The van der Waals surface area contributed by atoms with E-state index in [0.717, 1.165) is 10.4 Å². The van der Waals surface area contributed by atoms with Gasteiger partial charge in [0.25, 0.3) is 5.91 Å². The van der Waals surface area contributed by atoms with Crippen molar-refractivity contribution in [1.29, 1.82) is 0 Å². The number of aromatic nitrogens is 3. The first-order valence-corrected chi connectivity index (χ1v) is 11.0. The third-order valence-electron chi connectivity index (χ3n) is 4.90. The summed E-state index contributed by atoms with van der Waals surface area (Å²) in [5.41, 5.74) is 9.66. The molecule has 0 unspecified atom stereocenters. The molecule has 1 amide bonds. The molecule has 0 aliphatic rings. The standard InChI is InChI=1S/C23H17ClN6OS/c24-15-9-7-14(8-10-15)12-27-30-21(25)19(23(31)26-13-16-4-3-11-32-16)20-22(30)29-18-6-2-1-5-17(18)28-20/h1-12H,13,25H2,(H,26,31)/b27-12+. The first-order chi connectivity index (χ1) is 15.6. The molecule has 3 aromatic heterocycles. The Hall–Kier alpha value is -3.75. The van der Waals surface area contributed by atoms with E-state index >= 15 is 0 Å². The first-order valence-electron chi connectivity index (χ1n) is 9.77. The van der Waals surface area contributed by atoms with Crippen molar-refractivity contribution in [3.05, 3.63) is 87.1 Å². The van der Waals surface area contributed by atoms with Gasteiger partial charge in [-0.05, 0) is 41.3 Å². The van der Waals surface area contributed by atoms with Crippen LogP contribution in [-0.2, 0) is 6.54 Å². The number of halogens is 1. The molecule has 9 heteroatoms. The quantitative estimate of drug-likeness (QED) is 0.371. The highest BCUT2D eigenvalue weighted by molar-refractivity contribution is 7.09. The number of fused-ring (bicyclic) bond motifs is 2. The molecule has 0 saturated heterocycles. The van der Waals surface area contributed by atoms with Crippen LogP contribution in [-0.4, -0.2) is 26.8 Å². The first kappa shape index (κ1) is 20.2. The number of para-hydroxylation sites is 2. The summed E-state index contributed by atoms with van der Waals surface area (Å²) < 4.78 is 1.45. The topological polar surface area (TPSA) is 98.2 Å². The highest BCUT2D eigenvalue weighted by Gasteiger charge is 2.24. The summed E-state index contributed by atoms with van der Waals surface area (Å²) in [5, 5.41) is 10.0. The molecule has 158 valence electrons. The largest absolute Gasteiger partial charge is 0.383 e. The predicted octanol–water partition coefficient (Wildman–Crippen LogP) is 4.69. The van der Waals surface area contributed by atoms with E-state index in [0.29, 0.717) is 33.8 Å². The second-order valence-electron chi connectivity index (χ2n) is 7.01. The number of nitrogens with one attached hydrogen (secondary N) is 1. The van der Waals surface area contributed by atoms with Crippen molar-refractivity contribution in [2.24, 2.45) is 5.10 Å². The van der Waals surface area contributed by atoms with E-state index in [2.05, 4.69) is 20.4 Å². The molecule has 7 nitrogen and oxygen atoms in total. The lowest BCUT2D eigenvalue weighted by Gasteiger charge is -2.04. The molecule has 0 aliphatic heterocycles. The molecule has 0 aliphatic carbocycles. The van der Waals surface area contributed by atoms with E-state index in [4.69, 9.17) is 17.3 Å². The maximum atomic E-state index is 13.1. The molecule has 5 rings (SSSR count). The third kappa shape index (κ3) is 3.81. The van der Waals surface area contributed by atoms with Crippen LogP contribution in [0.2, 0.25) is 5.02 Å². The molecule has 3 N–H and O–H groups in total. The molecular weight excluding hydrogens is 444 g/mol. The zero-order chi connectivity index (χ0) is 22.1. The average Bonchev–Trinajstić information content (AvgIpc) is 3.41. The van der Waals surface area contributed by atoms with Crippen LogP contribution in [0, 0.1) is 0 Å². The van der Waals surface area contributed by atoms with E-state index < -0.39 is 0 Å². The van der Waals surface area contributed by atoms with Crippen molar-refractivity contribution in [2.45, 2.75) is 6.54 Å². The summed E-state index contributed by atoms with van der Waals surface area (Å²) in [4.78, 5) is 23.5. The third-order valence-corrected chi connectivity index (χ3v) is 6.02. The number of carbonyl (C=O) groups excluding carboxylic acids is 1. The van der Waals surface area contributed by atoms with Crippen LogP contribution in [0.3, 0.4) is 0 Å². The number of hydrogen-bond acceptors (Lipinski definition) is 6. The smallest absolute Gasteiger partial charge is 0.257 e. The number of nitrogen functional groups attached to an aromatic ring is 1. The van der Waals surface area contributed by atoms with Gasteiger partial charge in [-0.1, -0.05) is 41.9 Å². The summed E-state index contributed by atoms with van der Waals surface area (Å²) in [7, 11) is 0. The minimum atomic E-state index is -0.328. The number of benzene rings is 2. The lowest BCUT2D eigenvalue weighted by molar-refractivity contribution is 0.0953. The van der Waals surface area contributed by atoms with Gasteiger partial charge < -0.3 is 11.1 Å². The van der Waals surface area contributed by atoms with Crippen LogP contribution >= 0.6 is 22.9 Å². The van der Waals surface area contributed by atoms with Crippen molar-refractivity contribution in [1.82, 2.24) is 20.0 Å². The van der Waals surface area contributed by atoms with E-state index in [1.165, 1.54) is 4.68 Å². The Balaban J connectivity index is 1.61. The number of hydrogen-bond donors (Lipinski definition) is 2. The Bertz CT molecular complexity index is 1460. The second kappa shape index (κ2) is 8.41. The Labute approximate surface area is 192 Å². The molecule has 0 saturated carbocycles. The van der Waals surface area contributed by atoms with Crippen LogP contribution in [0.4, 0.5) is 5.82 Å². The van der Waals surface area contributed by atoms with E-state index in [1.807, 2.05) is 53.9 Å². The van der Waals surface area contributed by atoms with E-state index in [9.17, 15) is 4.79 Å². The molecular formula is C23H17ClN6OS. The van der Waals surface area contributed by atoms with Gasteiger partial charge in [-0.2, -0.15) is 9.78 Å². The van der Waals surface area contributed by atoms with Gasteiger partial charge in [0.05, 0.1) is 23.8 Å². The fourth-order valence-electron chi connectivity index (χ4n) is 3.33. The predicted molar refractivity (Wildman–Crippen MR) is 129 cm³/mol. The van der Waals surface area contributed by atoms with Crippen LogP contribution in [0.5, 0.6) is 0 Å². The number of anilines is 1. The van der Waals surface area contributed by atoms with Gasteiger partial charge in [-0.15, -0.1) is 11.3 Å². The highest BCUT2D eigenvalue weighted by Crippen LogP contribution is 2.28. The highest BCUT2D eigenvalue weighted by atomic mass is 35.5. The normalized spacial score (nSPS) is 11.5. The number of amides is 1. The van der Waals surface area contributed by atoms with Crippen molar-refractivity contribution in [3.8, 4) is 0 Å². The molecule has 0 spiro atoms.